The lowest BCUT2D eigenvalue weighted by atomic mass is 10.0. The topological polar surface area (TPSA) is 20.3 Å². The van der Waals surface area contributed by atoms with Crippen LogP contribution in [0.25, 0.3) is 0 Å². The van der Waals surface area contributed by atoms with Gasteiger partial charge in [0.1, 0.15) is 6.29 Å². The largest absolute Gasteiger partial charge is 0.302 e. The van der Waals surface area contributed by atoms with Gasteiger partial charge in [0.2, 0.25) is 0 Å². The van der Waals surface area contributed by atoms with Crippen LogP contribution in [0, 0.1) is 0 Å². The van der Waals surface area contributed by atoms with E-state index < -0.39 is 0 Å². The van der Waals surface area contributed by atoms with Crippen molar-refractivity contribution < 1.29 is 4.79 Å². The van der Waals surface area contributed by atoms with Crippen molar-refractivity contribution in [2.24, 2.45) is 0 Å². The Morgan fingerprint density at radius 2 is 1.87 bits per heavy atom. The maximum absolute atomic E-state index is 10.3. The van der Waals surface area contributed by atoms with Crippen molar-refractivity contribution in [3.8, 4) is 0 Å². The Morgan fingerprint density at radius 1 is 1.27 bits per heavy atom. The maximum Gasteiger partial charge on any atom is 0.133 e. The number of hydrogen-bond donors (Lipinski definition) is 0. The molecule has 0 radical (unpaired) electrons. The first-order valence-electron chi connectivity index (χ1n) is 5.34. The normalized spacial score (nSPS) is 11.0. The van der Waals surface area contributed by atoms with E-state index in [0.717, 1.165) is 12.8 Å². The Bertz CT molecular complexity index is 303. The highest BCUT2D eigenvalue weighted by molar-refractivity contribution is 5.51. The number of likely N-dealkylation sites (N-methyl/N-ethyl adjacent to an activating group) is 1. The van der Waals surface area contributed by atoms with Gasteiger partial charge in [-0.3, -0.25) is 4.90 Å². The minimum absolute atomic E-state index is 0.492. The van der Waals surface area contributed by atoms with Gasteiger partial charge in [-0.25, -0.2) is 0 Å². The third-order valence-electron chi connectivity index (χ3n) is 2.49. The predicted octanol–water partition coefficient (Wildman–Crippen LogP) is 2.44. The van der Waals surface area contributed by atoms with Crippen LogP contribution in [0.5, 0.6) is 0 Å². The quantitative estimate of drug-likeness (QED) is 0.688. The summed E-state index contributed by atoms with van der Waals surface area (Å²) in [6, 6.07) is 8.59. The average molecular weight is 205 g/mol. The van der Waals surface area contributed by atoms with E-state index in [2.05, 4.69) is 38.1 Å². The van der Waals surface area contributed by atoms with Gasteiger partial charge in [0, 0.05) is 6.54 Å². The monoisotopic (exact) mass is 205 g/mol. The molecular formula is C13H19NO. The van der Waals surface area contributed by atoms with Gasteiger partial charge in [0.25, 0.3) is 0 Å². The molecule has 2 nitrogen and oxygen atoms in total. The molecule has 0 aromatic heterocycles. The first-order valence-corrected chi connectivity index (χ1v) is 5.34. The van der Waals surface area contributed by atoms with Crippen molar-refractivity contribution in [3.05, 3.63) is 35.4 Å². The fraction of sp³-hybridized carbons (Fsp3) is 0.462. The summed E-state index contributed by atoms with van der Waals surface area (Å²) in [6.07, 6.45) is 0.933. The lowest BCUT2D eigenvalue weighted by molar-refractivity contribution is -0.108. The summed E-state index contributed by atoms with van der Waals surface area (Å²) < 4.78 is 0. The van der Waals surface area contributed by atoms with Crippen LogP contribution in [0.1, 0.15) is 30.9 Å². The molecule has 0 amide bonds. The van der Waals surface area contributed by atoms with Gasteiger partial charge in [-0.05, 0) is 24.1 Å². The molecule has 1 aromatic carbocycles. The lowest BCUT2D eigenvalue weighted by Gasteiger charge is -2.13. The van der Waals surface area contributed by atoms with Crippen LogP contribution in [0.2, 0.25) is 0 Å². The van der Waals surface area contributed by atoms with Crippen LogP contribution in [-0.2, 0) is 11.3 Å². The van der Waals surface area contributed by atoms with Crippen molar-refractivity contribution in [2.45, 2.75) is 26.3 Å². The molecule has 0 aliphatic heterocycles. The minimum atomic E-state index is 0.492. The molecule has 0 fully saturated rings. The first-order chi connectivity index (χ1) is 7.13. The minimum Gasteiger partial charge on any atom is -0.302 e. The molecule has 0 aliphatic carbocycles. The van der Waals surface area contributed by atoms with E-state index in [1.807, 2.05) is 11.9 Å². The van der Waals surface area contributed by atoms with Gasteiger partial charge in [-0.1, -0.05) is 38.1 Å². The molecule has 15 heavy (non-hydrogen) atoms. The standard InChI is InChI=1S/C13H19NO/c1-11(2)13-6-4-12(5-7-13)10-14(3)8-9-15/h4-7,9,11H,8,10H2,1-3H3. The molecule has 0 unspecified atom stereocenters. The van der Waals surface area contributed by atoms with Crippen LogP contribution in [-0.4, -0.2) is 24.8 Å². The smallest absolute Gasteiger partial charge is 0.133 e. The Kier molecular flexibility index (Phi) is 4.50. The highest BCUT2D eigenvalue weighted by atomic mass is 16.1. The molecule has 0 atom stereocenters. The molecule has 2 heteroatoms. The number of nitrogens with zero attached hydrogens (tertiary/aromatic N) is 1. The van der Waals surface area contributed by atoms with Gasteiger partial charge >= 0.3 is 0 Å². The molecule has 82 valence electrons. The molecule has 0 bridgehead atoms. The summed E-state index contributed by atoms with van der Waals surface area (Å²) in [5.41, 5.74) is 2.61. The summed E-state index contributed by atoms with van der Waals surface area (Å²) in [5, 5.41) is 0. The van der Waals surface area contributed by atoms with E-state index in [0.29, 0.717) is 12.5 Å². The number of carbonyl (C=O) groups is 1. The summed E-state index contributed by atoms with van der Waals surface area (Å²) in [5.74, 6) is 0.576. The van der Waals surface area contributed by atoms with Crippen LogP contribution in [0.15, 0.2) is 24.3 Å². The number of rotatable bonds is 5. The zero-order chi connectivity index (χ0) is 11.3. The second kappa shape index (κ2) is 5.66. The molecule has 0 spiro atoms. The predicted molar refractivity (Wildman–Crippen MR) is 62.9 cm³/mol. The van der Waals surface area contributed by atoms with Crippen molar-refractivity contribution in [1.29, 1.82) is 0 Å². The van der Waals surface area contributed by atoms with Gasteiger partial charge in [-0.2, -0.15) is 0 Å². The van der Waals surface area contributed by atoms with E-state index in [1.54, 1.807) is 0 Å². The fourth-order valence-electron chi connectivity index (χ4n) is 1.51. The second-order valence-corrected chi connectivity index (χ2v) is 4.26. The number of carbonyl (C=O) groups excluding carboxylic acids is 1. The SMILES string of the molecule is CC(C)c1ccc(CN(C)CC=O)cc1. The second-order valence-electron chi connectivity index (χ2n) is 4.26. The van der Waals surface area contributed by atoms with E-state index >= 15 is 0 Å². The highest BCUT2D eigenvalue weighted by Gasteiger charge is 2.01. The maximum atomic E-state index is 10.3. The Balaban J connectivity index is 2.60. The Hall–Kier alpha value is -1.15. The van der Waals surface area contributed by atoms with Crippen molar-refractivity contribution in [1.82, 2.24) is 4.90 Å². The summed E-state index contributed by atoms with van der Waals surface area (Å²) in [6.45, 7) is 5.70. The Labute approximate surface area is 91.9 Å². The van der Waals surface area contributed by atoms with Gasteiger partial charge < -0.3 is 4.79 Å². The van der Waals surface area contributed by atoms with Gasteiger partial charge in [-0.15, -0.1) is 0 Å². The molecule has 0 N–H and O–H groups in total. The van der Waals surface area contributed by atoms with E-state index in [1.165, 1.54) is 11.1 Å². The van der Waals surface area contributed by atoms with Crippen LogP contribution in [0.4, 0.5) is 0 Å². The van der Waals surface area contributed by atoms with E-state index in [4.69, 9.17) is 0 Å². The molecule has 1 rings (SSSR count). The zero-order valence-electron chi connectivity index (χ0n) is 9.73. The Morgan fingerprint density at radius 3 is 2.33 bits per heavy atom. The number of hydrogen-bond acceptors (Lipinski definition) is 2. The van der Waals surface area contributed by atoms with Crippen molar-refractivity contribution in [3.63, 3.8) is 0 Å². The van der Waals surface area contributed by atoms with Gasteiger partial charge in [0.05, 0.1) is 6.54 Å². The molecular weight excluding hydrogens is 186 g/mol. The third-order valence-corrected chi connectivity index (χ3v) is 2.49. The number of benzene rings is 1. The zero-order valence-corrected chi connectivity index (χ0v) is 9.73. The van der Waals surface area contributed by atoms with Crippen molar-refractivity contribution >= 4 is 6.29 Å². The van der Waals surface area contributed by atoms with Crippen LogP contribution >= 0.6 is 0 Å². The molecule has 0 saturated carbocycles. The summed E-state index contributed by atoms with van der Waals surface area (Å²) >= 11 is 0. The fourth-order valence-corrected chi connectivity index (χ4v) is 1.51. The third kappa shape index (κ3) is 3.84. The summed E-state index contributed by atoms with van der Waals surface area (Å²) in [4.78, 5) is 12.3. The molecule has 0 aliphatic rings. The lowest BCUT2D eigenvalue weighted by Crippen LogP contribution is -2.19. The van der Waals surface area contributed by atoms with E-state index in [-0.39, 0.29) is 0 Å². The highest BCUT2D eigenvalue weighted by Crippen LogP contribution is 2.15. The van der Waals surface area contributed by atoms with Crippen molar-refractivity contribution in [2.75, 3.05) is 13.6 Å². The number of aldehydes is 1. The first kappa shape index (κ1) is 11.9. The summed E-state index contributed by atoms with van der Waals surface area (Å²) in [7, 11) is 1.95. The van der Waals surface area contributed by atoms with E-state index in [9.17, 15) is 4.79 Å². The molecule has 1 aromatic rings. The van der Waals surface area contributed by atoms with Crippen LogP contribution < -0.4 is 0 Å². The van der Waals surface area contributed by atoms with Crippen LogP contribution in [0.3, 0.4) is 0 Å². The van der Waals surface area contributed by atoms with Gasteiger partial charge in [0.15, 0.2) is 0 Å². The molecule has 0 heterocycles. The average Bonchev–Trinajstić information content (AvgIpc) is 2.18. The molecule has 0 saturated heterocycles.